The van der Waals surface area contributed by atoms with Crippen molar-refractivity contribution in [3.8, 4) is 5.75 Å². The maximum absolute atomic E-state index is 11.9. The molecule has 0 aliphatic heterocycles. The van der Waals surface area contributed by atoms with Crippen LogP contribution < -0.4 is 15.4 Å². The van der Waals surface area contributed by atoms with Gasteiger partial charge in [-0.2, -0.15) is 0 Å². The van der Waals surface area contributed by atoms with Crippen LogP contribution in [0.4, 0.5) is 11.4 Å². The number of carbonyl (C=O) groups excluding carboxylic acids is 2. The van der Waals surface area contributed by atoms with Crippen molar-refractivity contribution in [2.24, 2.45) is 0 Å². The Morgan fingerprint density at radius 2 is 1.73 bits per heavy atom. The molecule has 0 atom stereocenters. The zero-order valence-corrected chi connectivity index (χ0v) is 13.5. The quantitative estimate of drug-likeness (QED) is 0.855. The van der Waals surface area contributed by atoms with Crippen molar-refractivity contribution in [3.63, 3.8) is 0 Å². The van der Waals surface area contributed by atoms with Crippen molar-refractivity contribution in [2.75, 3.05) is 17.2 Å². The number of carbonyl (C=O) groups is 2. The number of nitrogens with one attached hydrogen (secondary N) is 2. The second-order valence-electron chi connectivity index (χ2n) is 4.53. The van der Waals surface area contributed by atoms with Gasteiger partial charge in [0.1, 0.15) is 5.75 Å². The number of amides is 2. The van der Waals surface area contributed by atoms with Crippen molar-refractivity contribution in [1.82, 2.24) is 0 Å². The molecule has 0 aromatic heterocycles. The van der Waals surface area contributed by atoms with E-state index in [0.29, 0.717) is 17.1 Å². The molecule has 0 aliphatic rings. The summed E-state index contributed by atoms with van der Waals surface area (Å²) in [7, 11) is 0. The van der Waals surface area contributed by atoms with Gasteiger partial charge in [-0.25, -0.2) is 0 Å². The van der Waals surface area contributed by atoms with Gasteiger partial charge in [-0.1, -0.05) is 18.2 Å². The average Bonchev–Trinajstić information content (AvgIpc) is 2.46. The van der Waals surface area contributed by atoms with Gasteiger partial charge in [-0.15, -0.1) is 0 Å². The van der Waals surface area contributed by atoms with Gasteiger partial charge in [-0.05, 0) is 46.3 Å². The predicted molar refractivity (Wildman–Crippen MR) is 89.0 cm³/mol. The maximum atomic E-state index is 11.9. The van der Waals surface area contributed by atoms with Gasteiger partial charge >= 0.3 is 0 Å². The maximum Gasteiger partial charge on any atom is 0.262 e. The number of ether oxygens (including phenoxy) is 1. The van der Waals surface area contributed by atoms with Gasteiger partial charge in [-0.3, -0.25) is 9.59 Å². The predicted octanol–water partition coefficient (Wildman–Crippen LogP) is 3.43. The van der Waals surface area contributed by atoms with Crippen LogP contribution in [0.5, 0.6) is 5.75 Å². The van der Waals surface area contributed by atoms with E-state index in [-0.39, 0.29) is 18.4 Å². The lowest BCUT2D eigenvalue weighted by Crippen LogP contribution is -2.20. The molecule has 2 amide bonds. The zero-order chi connectivity index (χ0) is 15.9. The topological polar surface area (TPSA) is 67.4 Å². The zero-order valence-electron chi connectivity index (χ0n) is 11.9. The summed E-state index contributed by atoms with van der Waals surface area (Å²) in [4.78, 5) is 22.9. The summed E-state index contributed by atoms with van der Waals surface area (Å²) >= 11 is 3.35. The molecule has 0 saturated carbocycles. The van der Waals surface area contributed by atoms with Crippen LogP contribution in [0.3, 0.4) is 0 Å². The monoisotopic (exact) mass is 362 g/mol. The Labute approximate surface area is 136 Å². The summed E-state index contributed by atoms with van der Waals surface area (Å²) in [5, 5.41) is 5.37. The molecule has 0 radical (unpaired) electrons. The molecule has 0 bridgehead atoms. The third-order valence-electron chi connectivity index (χ3n) is 2.66. The molecular formula is C16H15BrN2O3. The van der Waals surface area contributed by atoms with Gasteiger partial charge in [0.2, 0.25) is 5.91 Å². The first-order chi connectivity index (χ1) is 10.5. The molecule has 22 heavy (non-hydrogen) atoms. The minimum atomic E-state index is -0.282. The van der Waals surface area contributed by atoms with E-state index in [9.17, 15) is 9.59 Å². The van der Waals surface area contributed by atoms with Crippen molar-refractivity contribution >= 4 is 39.1 Å². The summed E-state index contributed by atoms with van der Waals surface area (Å²) in [6, 6.07) is 14.2. The Bertz CT molecular complexity index is 689. The fourth-order valence-corrected chi connectivity index (χ4v) is 2.18. The van der Waals surface area contributed by atoms with E-state index in [4.69, 9.17) is 4.74 Å². The van der Waals surface area contributed by atoms with E-state index in [1.807, 2.05) is 18.2 Å². The molecule has 0 saturated heterocycles. The lowest BCUT2D eigenvalue weighted by molar-refractivity contribution is -0.118. The first kappa shape index (κ1) is 16.0. The van der Waals surface area contributed by atoms with E-state index in [1.165, 1.54) is 6.92 Å². The minimum absolute atomic E-state index is 0.104. The van der Waals surface area contributed by atoms with Crippen LogP contribution in [0.2, 0.25) is 0 Å². The van der Waals surface area contributed by atoms with Gasteiger partial charge < -0.3 is 15.4 Å². The molecule has 6 heteroatoms. The highest BCUT2D eigenvalue weighted by Gasteiger charge is 2.06. The van der Waals surface area contributed by atoms with Crippen molar-refractivity contribution in [1.29, 1.82) is 0 Å². The molecular weight excluding hydrogens is 348 g/mol. The summed E-state index contributed by atoms with van der Waals surface area (Å²) in [5.41, 5.74) is 1.21. The van der Waals surface area contributed by atoms with E-state index >= 15 is 0 Å². The Morgan fingerprint density at radius 1 is 1.05 bits per heavy atom. The minimum Gasteiger partial charge on any atom is -0.483 e. The standard InChI is InChI=1S/C16H15BrN2O3/c1-11(20)18-12-5-4-6-13(9-12)19-16(21)10-22-15-8-3-2-7-14(15)17/h2-9H,10H2,1H3,(H,18,20)(H,19,21). The normalized spacial score (nSPS) is 9.91. The van der Waals surface area contributed by atoms with E-state index < -0.39 is 0 Å². The third-order valence-corrected chi connectivity index (χ3v) is 3.32. The number of halogens is 1. The summed E-state index contributed by atoms with van der Waals surface area (Å²) in [6.45, 7) is 1.32. The molecule has 2 rings (SSSR count). The van der Waals surface area contributed by atoms with E-state index in [1.54, 1.807) is 30.3 Å². The highest BCUT2D eigenvalue weighted by atomic mass is 79.9. The Kier molecular flexibility index (Phi) is 5.55. The lowest BCUT2D eigenvalue weighted by Gasteiger charge is -2.10. The number of hydrogen-bond donors (Lipinski definition) is 2. The van der Waals surface area contributed by atoms with Crippen LogP contribution in [0.25, 0.3) is 0 Å². The second kappa shape index (κ2) is 7.61. The van der Waals surface area contributed by atoms with Gasteiger partial charge in [0.25, 0.3) is 5.91 Å². The van der Waals surface area contributed by atoms with E-state index in [0.717, 1.165) is 4.47 Å². The third kappa shape index (κ3) is 4.89. The van der Waals surface area contributed by atoms with Crippen molar-refractivity contribution < 1.29 is 14.3 Å². The fourth-order valence-electron chi connectivity index (χ4n) is 1.78. The van der Waals surface area contributed by atoms with Crippen LogP contribution in [0.15, 0.2) is 53.0 Å². The highest BCUT2D eigenvalue weighted by molar-refractivity contribution is 9.10. The molecule has 0 fully saturated rings. The molecule has 0 aliphatic carbocycles. The SMILES string of the molecule is CC(=O)Nc1cccc(NC(=O)COc2ccccc2Br)c1. The first-order valence-electron chi connectivity index (χ1n) is 6.59. The molecule has 2 aromatic rings. The Hall–Kier alpha value is -2.34. The second-order valence-corrected chi connectivity index (χ2v) is 5.38. The Morgan fingerprint density at radius 3 is 2.41 bits per heavy atom. The van der Waals surface area contributed by atoms with Crippen LogP contribution in [0.1, 0.15) is 6.92 Å². The molecule has 0 heterocycles. The first-order valence-corrected chi connectivity index (χ1v) is 7.39. The van der Waals surface area contributed by atoms with Crippen LogP contribution in [0, 0.1) is 0 Å². The Balaban J connectivity index is 1.92. The summed E-state index contributed by atoms with van der Waals surface area (Å²) in [6.07, 6.45) is 0. The number of rotatable bonds is 5. The van der Waals surface area contributed by atoms with Crippen LogP contribution in [-0.4, -0.2) is 18.4 Å². The fraction of sp³-hybridized carbons (Fsp3) is 0.125. The number of hydrogen-bond acceptors (Lipinski definition) is 3. The smallest absolute Gasteiger partial charge is 0.262 e. The molecule has 114 valence electrons. The molecule has 2 N–H and O–H groups in total. The molecule has 5 nitrogen and oxygen atoms in total. The van der Waals surface area contributed by atoms with Crippen molar-refractivity contribution in [3.05, 3.63) is 53.0 Å². The number of para-hydroxylation sites is 1. The van der Waals surface area contributed by atoms with Gasteiger partial charge in [0.05, 0.1) is 4.47 Å². The molecule has 2 aromatic carbocycles. The van der Waals surface area contributed by atoms with Crippen LogP contribution in [-0.2, 0) is 9.59 Å². The summed E-state index contributed by atoms with van der Waals surface area (Å²) in [5.74, 6) is 0.154. The van der Waals surface area contributed by atoms with Gasteiger partial charge in [0, 0.05) is 18.3 Å². The molecule has 0 spiro atoms. The highest BCUT2D eigenvalue weighted by Crippen LogP contribution is 2.23. The lowest BCUT2D eigenvalue weighted by atomic mass is 10.2. The average molecular weight is 363 g/mol. The van der Waals surface area contributed by atoms with Gasteiger partial charge in [0.15, 0.2) is 6.61 Å². The van der Waals surface area contributed by atoms with Crippen molar-refractivity contribution in [2.45, 2.75) is 6.92 Å². The number of benzene rings is 2. The molecule has 0 unspecified atom stereocenters. The van der Waals surface area contributed by atoms with E-state index in [2.05, 4.69) is 26.6 Å². The largest absolute Gasteiger partial charge is 0.483 e. The number of anilines is 2. The summed E-state index contributed by atoms with van der Waals surface area (Å²) < 4.78 is 6.22. The van der Waals surface area contributed by atoms with Crippen LogP contribution >= 0.6 is 15.9 Å².